The van der Waals surface area contributed by atoms with Crippen molar-refractivity contribution in [3.8, 4) is 17.1 Å². The van der Waals surface area contributed by atoms with Gasteiger partial charge in [0.1, 0.15) is 5.82 Å². The van der Waals surface area contributed by atoms with Crippen molar-refractivity contribution in [2.75, 3.05) is 6.61 Å². The molecule has 0 aliphatic heterocycles. The van der Waals surface area contributed by atoms with Gasteiger partial charge < -0.3 is 4.74 Å². The monoisotopic (exact) mass is 398 g/mol. The van der Waals surface area contributed by atoms with Crippen molar-refractivity contribution in [3.63, 3.8) is 0 Å². The molecule has 4 heteroatoms. The van der Waals surface area contributed by atoms with Crippen LogP contribution in [0.5, 0.6) is 5.88 Å². The maximum Gasteiger partial charge on any atom is 0.233 e. The van der Waals surface area contributed by atoms with Crippen LogP contribution < -0.4 is 4.74 Å². The standard InChI is InChI=1S/C25H35FN2O/c1-3-5-6-7-19-8-10-20(11-9-19)12-13-21-14-15-22(23(26)18-21)24-16-17-25(28-27-24)29-4-2/h14-20H,3-13H2,1-2H3/t19-,20-. The quantitative estimate of drug-likeness (QED) is 0.404. The van der Waals surface area contributed by atoms with Crippen molar-refractivity contribution in [1.82, 2.24) is 10.2 Å². The summed E-state index contributed by atoms with van der Waals surface area (Å²) in [6.45, 7) is 4.71. The van der Waals surface area contributed by atoms with Gasteiger partial charge in [-0.2, -0.15) is 0 Å². The molecule has 0 spiro atoms. The lowest BCUT2D eigenvalue weighted by atomic mass is 9.78. The molecule has 1 heterocycles. The zero-order valence-electron chi connectivity index (χ0n) is 18.0. The smallest absolute Gasteiger partial charge is 0.233 e. The number of rotatable bonds is 10. The van der Waals surface area contributed by atoms with Gasteiger partial charge in [0.25, 0.3) is 0 Å². The summed E-state index contributed by atoms with van der Waals surface area (Å²) in [6, 6.07) is 9.03. The normalized spacial score (nSPS) is 19.3. The average Bonchev–Trinajstić information content (AvgIpc) is 2.74. The molecule has 1 aliphatic carbocycles. The van der Waals surface area contributed by atoms with Crippen LogP contribution in [0.15, 0.2) is 30.3 Å². The van der Waals surface area contributed by atoms with Crippen molar-refractivity contribution in [3.05, 3.63) is 41.7 Å². The Hall–Kier alpha value is -1.97. The van der Waals surface area contributed by atoms with E-state index in [1.165, 1.54) is 57.8 Å². The Morgan fingerprint density at radius 3 is 2.31 bits per heavy atom. The van der Waals surface area contributed by atoms with Crippen LogP contribution in [0.25, 0.3) is 11.3 Å². The minimum atomic E-state index is -0.222. The van der Waals surface area contributed by atoms with E-state index in [9.17, 15) is 4.39 Å². The molecular formula is C25H35FN2O. The molecule has 158 valence electrons. The lowest BCUT2D eigenvalue weighted by Gasteiger charge is -2.28. The van der Waals surface area contributed by atoms with Gasteiger partial charge in [-0.3, -0.25) is 0 Å². The van der Waals surface area contributed by atoms with Crippen LogP contribution in [-0.2, 0) is 6.42 Å². The van der Waals surface area contributed by atoms with Gasteiger partial charge in [-0.05, 0) is 55.4 Å². The second-order valence-electron chi connectivity index (χ2n) is 8.43. The summed E-state index contributed by atoms with van der Waals surface area (Å²) in [5.74, 6) is 2.00. The molecule has 1 aliphatic rings. The van der Waals surface area contributed by atoms with E-state index < -0.39 is 0 Å². The molecule has 1 saturated carbocycles. The molecule has 3 rings (SSSR count). The second-order valence-corrected chi connectivity index (χ2v) is 8.43. The summed E-state index contributed by atoms with van der Waals surface area (Å²) in [7, 11) is 0. The summed E-state index contributed by atoms with van der Waals surface area (Å²) in [6.07, 6.45) is 13.1. The van der Waals surface area contributed by atoms with Crippen LogP contribution in [0.2, 0.25) is 0 Å². The van der Waals surface area contributed by atoms with Crippen LogP contribution in [0, 0.1) is 17.7 Å². The first-order valence-corrected chi connectivity index (χ1v) is 11.4. The Morgan fingerprint density at radius 1 is 0.931 bits per heavy atom. The molecule has 0 unspecified atom stereocenters. The average molecular weight is 399 g/mol. The molecule has 2 aromatic rings. The number of ether oxygens (including phenoxy) is 1. The molecule has 1 fully saturated rings. The fourth-order valence-corrected chi connectivity index (χ4v) is 4.47. The van der Waals surface area contributed by atoms with Crippen LogP contribution in [-0.4, -0.2) is 16.8 Å². The lowest BCUT2D eigenvalue weighted by Crippen LogP contribution is -2.15. The number of nitrogens with zero attached hydrogens (tertiary/aromatic N) is 2. The Kier molecular flexibility index (Phi) is 8.45. The Labute approximate surface area is 175 Å². The lowest BCUT2D eigenvalue weighted by molar-refractivity contribution is 0.249. The molecule has 29 heavy (non-hydrogen) atoms. The second kappa shape index (κ2) is 11.3. The summed E-state index contributed by atoms with van der Waals surface area (Å²) in [5.41, 5.74) is 2.12. The minimum Gasteiger partial charge on any atom is -0.477 e. The molecule has 0 bridgehead atoms. The van der Waals surface area contributed by atoms with Gasteiger partial charge in [0.15, 0.2) is 0 Å². The number of benzene rings is 1. The van der Waals surface area contributed by atoms with Crippen molar-refractivity contribution in [2.45, 2.75) is 78.1 Å². The molecule has 1 aromatic carbocycles. The van der Waals surface area contributed by atoms with Crippen molar-refractivity contribution < 1.29 is 9.13 Å². The molecule has 0 amide bonds. The number of halogens is 1. The van der Waals surface area contributed by atoms with E-state index in [-0.39, 0.29) is 5.82 Å². The van der Waals surface area contributed by atoms with E-state index in [0.29, 0.717) is 23.7 Å². The third-order valence-corrected chi connectivity index (χ3v) is 6.27. The van der Waals surface area contributed by atoms with E-state index in [2.05, 4.69) is 17.1 Å². The van der Waals surface area contributed by atoms with Crippen LogP contribution in [0.4, 0.5) is 4.39 Å². The van der Waals surface area contributed by atoms with E-state index in [1.807, 2.05) is 19.1 Å². The highest BCUT2D eigenvalue weighted by Crippen LogP contribution is 2.34. The SMILES string of the molecule is CCCCC[C@H]1CC[C@H](CCc2ccc(-c3ccc(OCC)nn3)c(F)c2)CC1. The third-order valence-electron chi connectivity index (χ3n) is 6.27. The predicted octanol–water partition coefficient (Wildman–Crippen LogP) is 7.00. The number of aromatic nitrogens is 2. The highest BCUT2D eigenvalue weighted by atomic mass is 19.1. The molecule has 0 atom stereocenters. The fourth-order valence-electron chi connectivity index (χ4n) is 4.47. The van der Waals surface area contributed by atoms with Crippen molar-refractivity contribution >= 4 is 0 Å². The number of hydrogen-bond donors (Lipinski definition) is 0. The van der Waals surface area contributed by atoms with E-state index >= 15 is 0 Å². The number of unbranched alkanes of at least 4 members (excludes halogenated alkanes) is 2. The molecule has 1 aromatic heterocycles. The first-order valence-electron chi connectivity index (χ1n) is 11.4. The Morgan fingerprint density at radius 2 is 1.69 bits per heavy atom. The van der Waals surface area contributed by atoms with E-state index in [0.717, 1.165) is 23.8 Å². The van der Waals surface area contributed by atoms with Gasteiger partial charge >= 0.3 is 0 Å². The van der Waals surface area contributed by atoms with Gasteiger partial charge in [0.05, 0.1) is 12.3 Å². The topological polar surface area (TPSA) is 35.0 Å². The highest BCUT2D eigenvalue weighted by Gasteiger charge is 2.20. The van der Waals surface area contributed by atoms with Gasteiger partial charge in [-0.15, -0.1) is 10.2 Å². The first kappa shape index (κ1) is 21.7. The van der Waals surface area contributed by atoms with Gasteiger partial charge in [0.2, 0.25) is 5.88 Å². The van der Waals surface area contributed by atoms with Gasteiger partial charge in [-0.25, -0.2) is 4.39 Å². The number of hydrogen-bond acceptors (Lipinski definition) is 3. The summed E-state index contributed by atoms with van der Waals surface area (Å²) in [4.78, 5) is 0. The molecule has 0 saturated heterocycles. The Bertz CT molecular complexity index is 739. The van der Waals surface area contributed by atoms with Crippen molar-refractivity contribution in [1.29, 1.82) is 0 Å². The van der Waals surface area contributed by atoms with Gasteiger partial charge in [0, 0.05) is 11.6 Å². The molecule has 3 nitrogen and oxygen atoms in total. The summed E-state index contributed by atoms with van der Waals surface area (Å²) >= 11 is 0. The van der Waals surface area contributed by atoms with E-state index in [4.69, 9.17) is 4.74 Å². The highest BCUT2D eigenvalue weighted by molar-refractivity contribution is 5.60. The molecular weight excluding hydrogens is 363 g/mol. The zero-order chi connectivity index (χ0) is 20.5. The Balaban J connectivity index is 1.48. The summed E-state index contributed by atoms with van der Waals surface area (Å²) < 4.78 is 19.9. The summed E-state index contributed by atoms with van der Waals surface area (Å²) in [5, 5.41) is 8.09. The van der Waals surface area contributed by atoms with Crippen LogP contribution in [0.3, 0.4) is 0 Å². The van der Waals surface area contributed by atoms with E-state index in [1.54, 1.807) is 18.2 Å². The maximum atomic E-state index is 14.6. The zero-order valence-corrected chi connectivity index (χ0v) is 18.0. The minimum absolute atomic E-state index is 0.222. The van der Waals surface area contributed by atoms with Crippen LogP contribution in [0.1, 0.15) is 77.2 Å². The van der Waals surface area contributed by atoms with Gasteiger partial charge in [-0.1, -0.05) is 64.4 Å². The maximum absolute atomic E-state index is 14.6. The first-order chi connectivity index (χ1) is 14.2. The molecule has 0 radical (unpaired) electrons. The third kappa shape index (κ3) is 6.52. The fraction of sp³-hybridized carbons (Fsp3) is 0.600. The largest absolute Gasteiger partial charge is 0.477 e. The predicted molar refractivity (Wildman–Crippen MR) is 117 cm³/mol. The number of aryl methyl sites for hydroxylation is 1. The van der Waals surface area contributed by atoms with Crippen LogP contribution >= 0.6 is 0 Å². The molecule has 0 N–H and O–H groups in total. The van der Waals surface area contributed by atoms with Crippen molar-refractivity contribution in [2.24, 2.45) is 11.8 Å².